The number of aromatic hydroxyl groups is 1. The average molecular weight is 372 g/mol. The Kier molecular flexibility index (Phi) is 5.23. The number of thiophene rings is 1. The highest BCUT2D eigenvalue weighted by atomic mass is 32.1. The third-order valence-corrected chi connectivity index (χ3v) is 5.05. The van der Waals surface area contributed by atoms with Gasteiger partial charge in [0.15, 0.2) is 23.0 Å². The first-order valence-electron chi connectivity index (χ1n) is 7.88. The van der Waals surface area contributed by atoms with E-state index in [2.05, 4.69) is 0 Å². The van der Waals surface area contributed by atoms with Gasteiger partial charge in [0.1, 0.15) is 0 Å². The van der Waals surface area contributed by atoms with Gasteiger partial charge in [0.05, 0.1) is 28.4 Å². The van der Waals surface area contributed by atoms with Gasteiger partial charge >= 0.3 is 0 Å². The molecule has 0 aliphatic rings. The molecule has 1 aromatic heterocycles. The van der Waals surface area contributed by atoms with Crippen molar-refractivity contribution in [1.29, 1.82) is 0 Å². The molecule has 0 radical (unpaired) electrons. The SMILES string of the molecule is COc1ccc(-c2ccsc2-c2cc(OC)c(OC)c(OC)c2)cc1O. The second kappa shape index (κ2) is 7.58. The molecule has 0 saturated heterocycles. The summed E-state index contributed by atoms with van der Waals surface area (Å²) >= 11 is 1.60. The molecule has 1 N–H and O–H groups in total. The van der Waals surface area contributed by atoms with Crippen molar-refractivity contribution in [3.63, 3.8) is 0 Å². The number of ether oxygens (including phenoxy) is 4. The van der Waals surface area contributed by atoms with Crippen LogP contribution in [0.3, 0.4) is 0 Å². The summed E-state index contributed by atoms with van der Waals surface area (Å²) in [6.07, 6.45) is 0. The highest BCUT2D eigenvalue weighted by Crippen LogP contribution is 2.45. The van der Waals surface area contributed by atoms with Crippen LogP contribution < -0.4 is 18.9 Å². The molecule has 0 aliphatic carbocycles. The van der Waals surface area contributed by atoms with Crippen LogP contribution in [-0.2, 0) is 0 Å². The van der Waals surface area contributed by atoms with Crippen molar-refractivity contribution in [3.05, 3.63) is 41.8 Å². The number of phenols is 1. The predicted molar refractivity (Wildman–Crippen MR) is 103 cm³/mol. The third kappa shape index (κ3) is 3.15. The number of methoxy groups -OCH3 is 4. The molecule has 6 heteroatoms. The van der Waals surface area contributed by atoms with Crippen molar-refractivity contribution in [1.82, 2.24) is 0 Å². The third-order valence-electron chi connectivity index (χ3n) is 4.08. The van der Waals surface area contributed by atoms with Crippen LogP contribution in [0.15, 0.2) is 41.8 Å². The monoisotopic (exact) mass is 372 g/mol. The Bertz CT molecular complexity index is 891. The zero-order chi connectivity index (χ0) is 18.7. The van der Waals surface area contributed by atoms with Gasteiger partial charge in [0.25, 0.3) is 0 Å². The first kappa shape index (κ1) is 17.9. The second-order valence-electron chi connectivity index (χ2n) is 5.46. The van der Waals surface area contributed by atoms with Crippen LogP contribution in [0.5, 0.6) is 28.7 Å². The average Bonchev–Trinajstić information content (AvgIpc) is 3.16. The van der Waals surface area contributed by atoms with Crippen LogP contribution in [0.2, 0.25) is 0 Å². The van der Waals surface area contributed by atoms with E-state index in [4.69, 9.17) is 18.9 Å². The van der Waals surface area contributed by atoms with Crippen LogP contribution in [0.25, 0.3) is 21.6 Å². The van der Waals surface area contributed by atoms with Crippen LogP contribution >= 0.6 is 11.3 Å². The Morgan fingerprint density at radius 2 is 1.38 bits per heavy atom. The number of hydrogen-bond acceptors (Lipinski definition) is 6. The predicted octanol–water partition coefficient (Wildman–Crippen LogP) is 4.82. The molecule has 0 saturated carbocycles. The van der Waals surface area contributed by atoms with Crippen LogP contribution in [0.1, 0.15) is 0 Å². The molecule has 0 fully saturated rings. The molecule has 0 atom stereocenters. The summed E-state index contributed by atoms with van der Waals surface area (Å²) in [4.78, 5) is 1.04. The van der Waals surface area contributed by atoms with Crippen molar-refractivity contribution < 1.29 is 24.1 Å². The van der Waals surface area contributed by atoms with Gasteiger partial charge in [-0.25, -0.2) is 0 Å². The van der Waals surface area contributed by atoms with Gasteiger partial charge in [-0.05, 0) is 46.8 Å². The van der Waals surface area contributed by atoms with E-state index in [-0.39, 0.29) is 5.75 Å². The summed E-state index contributed by atoms with van der Waals surface area (Å²) < 4.78 is 21.4. The van der Waals surface area contributed by atoms with Crippen molar-refractivity contribution in [2.75, 3.05) is 28.4 Å². The molecular formula is C20H20O5S. The van der Waals surface area contributed by atoms with Gasteiger partial charge < -0.3 is 24.1 Å². The quantitative estimate of drug-likeness (QED) is 0.672. The van der Waals surface area contributed by atoms with Gasteiger partial charge in [-0.15, -0.1) is 11.3 Å². The van der Waals surface area contributed by atoms with E-state index < -0.39 is 0 Å². The van der Waals surface area contributed by atoms with E-state index in [1.54, 1.807) is 44.8 Å². The molecule has 0 bridgehead atoms. The minimum Gasteiger partial charge on any atom is -0.504 e. The summed E-state index contributed by atoms with van der Waals surface area (Å²) in [5, 5.41) is 12.1. The lowest BCUT2D eigenvalue weighted by Crippen LogP contribution is -1.95. The minimum absolute atomic E-state index is 0.104. The molecule has 136 valence electrons. The van der Waals surface area contributed by atoms with Gasteiger partial charge in [-0.1, -0.05) is 6.07 Å². The summed E-state index contributed by atoms with van der Waals surface area (Å²) in [6.45, 7) is 0. The Balaban J connectivity index is 2.13. The molecule has 0 spiro atoms. The summed E-state index contributed by atoms with van der Waals surface area (Å²) in [5.41, 5.74) is 2.84. The molecule has 3 rings (SSSR count). The lowest BCUT2D eigenvalue weighted by Gasteiger charge is -2.14. The molecule has 0 amide bonds. The smallest absolute Gasteiger partial charge is 0.203 e. The Morgan fingerprint density at radius 3 is 1.92 bits per heavy atom. The van der Waals surface area contributed by atoms with Crippen LogP contribution in [0, 0.1) is 0 Å². The molecule has 3 aromatic rings. The fourth-order valence-electron chi connectivity index (χ4n) is 2.83. The summed E-state index contributed by atoms with van der Waals surface area (Å²) in [6, 6.07) is 11.2. The maximum atomic E-state index is 10.1. The molecule has 5 nitrogen and oxygen atoms in total. The number of benzene rings is 2. The normalized spacial score (nSPS) is 10.5. The van der Waals surface area contributed by atoms with Gasteiger partial charge in [0, 0.05) is 10.4 Å². The van der Waals surface area contributed by atoms with Crippen molar-refractivity contribution in [2.45, 2.75) is 0 Å². The van der Waals surface area contributed by atoms with Crippen molar-refractivity contribution in [2.24, 2.45) is 0 Å². The number of hydrogen-bond donors (Lipinski definition) is 1. The highest BCUT2D eigenvalue weighted by molar-refractivity contribution is 7.14. The molecule has 0 unspecified atom stereocenters. The lowest BCUT2D eigenvalue weighted by atomic mass is 10.0. The minimum atomic E-state index is 0.104. The molecule has 0 aliphatic heterocycles. The Labute approximate surface area is 156 Å². The maximum Gasteiger partial charge on any atom is 0.203 e. The zero-order valence-electron chi connectivity index (χ0n) is 15.0. The van der Waals surface area contributed by atoms with E-state index >= 15 is 0 Å². The van der Waals surface area contributed by atoms with Gasteiger partial charge in [-0.3, -0.25) is 0 Å². The van der Waals surface area contributed by atoms with E-state index in [0.29, 0.717) is 23.0 Å². The van der Waals surface area contributed by atoms with E-state index in [9.17, 15) is 5.11 Å². The molecule has 2 aromatic carbocycles. The first-order chi connectivity index (χ1) is 12.6. The fourth-order valence-corrected chi connectivity index (χ4v) is 3.74. The Hall–Kier alpha value is -2.86. The van der Waals surface area contributed by atoms with Crippen molar-refractivity contribution >= 4 is 11.3 Å². The van der Waals surface area contributed by atoms with E-state index in [1.165, 1.54) is 7.11 Å². The van der Waals surface area contributed by atoms with Crippen LogP contribution in [-0.4, -0.2) is 33.5 Å². The number of phenolic OH excluding ortho intramolecular Hbond substituents is 1. The molecular weight excluding hydrogens is 352 g/mol. The summed E-state index contributed by atoms with van der Waals surface area (Å²) in [5.74, 6) is 2.29. The topological polar surface area (TPSA) is 57.2 Å². The van der Waals surface area contributed by atoms with E-state index in [1.807, 2.05) is 29.6 Å². The Morgan fingerprint density at radius 1 is 0.731 bits per heavy atom. The standard InChI is InChI=1S/C20H20O5S/c1-22-16-6-5-12(9-15(16)21)14-7-8-26-20(14)13-10-17(23-2)19(25-4)18(11-13)24-3/h5-11,21H,1-4H3. The molecule has 26 heavy (non-hydrogen) atoms. The first-order valence-corrected chi connectivity index (χ1v) is 8.76. The van der Waals surface area contributed by atoms with Gasteiger partial charge in [0.2, 0.25) is 5.75 Å². The van der Waals surface area contributed by atoms with Gasteiger partial charge in [-0.2, -0.15) is 0 Å². The maximum absolute atomic E-state index is 10.1. The number of rotatable bonds is 6. The largest absolute Gasteiger partial charge is 0.504 e. The highest BCUT2D eigenvalue weighted by Gasteiger charge is 2.17. The summed E-state index contributed by atoms with van der Waals surface area (Å²) in [7, 11) is 6.30. The van der Waals surface area contributed by atoms with E-state index in [0.717, 1.165) is 21.6 Å². The fraction of sp³-hybridized carbons (Fsp3) is 0.200. The van der Waals surface area contributed by atoms with Crippen LogP contribution in [0.4, 0.5) is 0 Å². The lowest BCUT2D eigenvalue weighted by molar-refractivity contribution is 0.324. The molecule has 1 heterocycles. The second-order valence-corrected chi connectivity index (χ2v) is 6.38. The zero-order valence-corrected chi connectivity index (χ0v) is 15.8. The van der Waals surface area contributed by atoms with Crippen molar-refractivity contribution in [3.8, 4) is 50.3 Å².